The lowest BCUT2D eigenvalue weighted by Gasteiger charge is -2.27. The SMILES string of the molecule is CCCCCN(C(=O)c1cc(N)cc(N)c1)C(C)C. The van der Waals surface area contributed by atoms with Gasteiger partial charge in [0.15, 0.2) is 0 Å². The predicted molar refractivity (Wildman–Crippen MR) is 81.0 cm³/mol. The largest absolute Gasteiger partial charge is 0.399 e. The third-order valence-electron chi connectivity index (χ3n) is 3.11. The average molecular weight is 263 g/mol. The van der Waals surface area contributed by atoms with E-state index < -0.39 is 0 Å². The first kappa shape index (κ1) is 15.3. The fourth-order valence-electron chi connectivity index (χ4n) is 2.09. The third kappa shape index (κ3) is 4.47. The Balaban J connectivity index is 2.86. The lowest BCUT2D eigenvalue weighted by atomic mass is 10.1. The van der Waals surface area contributed by atoms with Crippen molar-refractivity contribution in [3.05, 3.63) is 23.8 Å². The minimum absolute atomic E-state index is 0.00473. The molecule has 0 heterocycles. The van der Waals surface area contributed by atoms with E-state index >= 15 is 0 Å². The molecule has 0 radical (unpaired) electrons. The molecule has 4 heteroatoms. The topological polar surface area (TPSA) is 72.3 Å². The van der Waals surface area contributed by atoms with Crippen LogP contribution in [0.2, 0.25) is 0 Å². The van der Waals surface area contributed by atoms with Crippen LogP contribution in [0.1, 0.15) is 50.4 Å². The van der Waals surface area contributed by atoms with E-state index in [2.05, 4.69) is 6.92 Å². The smallest absolute Gasteiger partial charge is 0.254 e. The zero-order chi connectivity index (χ0) is 14.4. The summed E-state index contributed by atoms with van der Waals surface area (Å²) >= 11 is 0. The van der Waals surface area contributed by atoms with Gasteiger partial charge in [0.1, 0.15) is 0 Å². The maximum Gasteiger partial charge on any atom is 0.254 e. The van der Waals surface area contributed by atoms with E-state index in [9.17, 15) is 4.79 Å². The van der Waals surface area contributed by atoms with Gasteiger partial charge in [0.25, 0.3) is 5.91 Å². The second-order valence-corrected chi connectivity index (χ2v) is 5.19. The molecule has 0 aromatic heterocycles. The van der Waals surface area contributed by atoms with Gasteiger partial charge in [0, 0.05) is 29.5 Å². The van der Waals surface area contributed by atoms with Crippen LogP contribution in [0, 0.1) is 0 Å². The van der Waals surface area contributed by atoms with E-state index in [1.165, 1.54) is 0 Å². The van der Waals surface area contributed by atoms with Crippen molar-refractivity contribution in [3.8, 4) is 0 Å². The van der Waals surface area contributed by atoms with Crippen LogP contribution < -0.4 is 11.5 Å². The Bertz CT molecular complexity index is 409. The van der Waals surface area contributed by atoms with Crippen molar-refractivity contribution >= 4 is 17.3 Å². The summed E-state index contributed by atoms with van der Waals surface area (Å²) in [7, 11) is 0. The first-order valence-corrected chi connectivity index (χ1v) is 6.92. The molecule has 0 atom stereocenters. The van der Waals surface area contributed by atoms with Crippen molar-refractivity contribution in [2.24, 2.45) is 0 Å². The number of hydrogen-bond donors (Lipinski definition) is 2. The second-order valence-electron chi connectivity index (χ2n) is 5.19. The number of hydrogen-bond acceptors (Lipinski definition) is 3. The molecule has 1 aromatic carbocycles. The summed E-state index contributed by atoms with van der Waals surface area (Å²) < 4.78 is 0. The number of nitrogen functional groups attached to an aromatic ring is 2. The Morgan fingerprint density at radius 2 is 1.74 bits per heavy atom. The number of nitrogens with zero attached hydrogens (tertiary/aromatic N) is 1. The second kappa shape index (κ2) is 7.02. The first-order valence-electron chi connectivity index (χ1n) is 6.92. The molecule has 1 amide bonds. The lowest BCUT2D eigenvalue weighted by Crippen LogP contribution is -2.37. The van der Waals surface area contributed by atoms with Crippen LogP contribution in [-0.2, 0) is 0 Å². The number of rotatable bonds is 6. The quantitative estimate of drug-likeness (QED) is 0.612. The molecular formula is C15H25N3O. The number of carbonyl (C=O) groups excluding carboxylic acids is 1. The highest BCUT2D eigenvalue weighted by Crippen LogP contribution is 2.17. The minimum atomic E-state index is 0.00473. The highest BCUT2D eigenvalue weighted by Gasteiger charge is 2.18. The van der Waals surface area contributed by atoms with Crippen molar-refractivity contribution in [3.63, 3.8) is 0 Å². The monoisotopic (exact) mass is 263 g/mol. The molecule has 0 saturated carbocycles. The highest BCUT2D eigenvalue weighted by molar-refractivity contribution is 5.96. The molecule has 0 saturated heterocycles. The molecule has 106 valence electrons. The number of amides is 1. The summed E-state index contributed by atoms with van der Waals surface area (Å²) in [5.74, 6) is 0.00473. The first-order chi connectivity index (χ1) is 8.95. The standard InChI is InChI=1S/C15H25N3O/c1-4-5-6-7-18(11(2)3)15(19)12-8-13(16)10-14(17)9-12/h8-11H,4-7,16-17H2,1-3H3. The zero-order valence-corrected chi connectivity index (χ0v) is 12.1. The van der Waals surface area contributed by atoms with Crippen molar-refractivity contribution < 1.29 is 4.79 Å². The van der Waals surface area contributed by atoms with Crippen LogP contribution in [0.3, 0.4) is 0 Å². The van der Waals surface area contributed by atoms with Crippen molar-refractivity contribution in [2.75, 3.05) is 18.0 Å². The highest BCUT2D eigenvalue weighted by atomic mass is 16.2. The number of nitrogens with two attached hydrogens (primary N) is 2. The van der Waals surface area contributed by atoms with Gasteiger partial charge in [0.2, 0.25) is 0 Å². The summed E-state index contributed by atoms with van der Waals surface area (Å²) in [6.07, 6.45) is 3.30. The van der Waals surface area contributed by atoms with Gasteiger partial charge in [-0.1, -0.05) is 19.8 Å². The number of benzene rings is 1. The molecule has 4 N–H and O–H groups in total. The van der Waals surface area contributed by atoms with Gasteiger partial charge < -0.3 is 16.4 Å². The van der Waals surface area contributed by atoms with Crippen molar-refractivity contribution in [2.45, 2.75) is 46.1 Å². The fraction of sp³-hybridized carbons (Fsp3) is 0.533. The molecule has 0 aliphatic rings. The zero-order valence-electron chi connectivity index (χ0n) is 12.1. The van der Waals surface area contributed by atoms with Crippen LogP contribution in [0.5, 0.6) is 0 Å². The van der Waals surface area contributed by atoms with Gasteiger partial charge >= 0.3 is 0 Å². The van der Waals surface area contributed by atoms with E-state index in [0.717, 1.165) is 25.8 Å². The molecule has 0 aliphatic heterocycles. The minimum Gasteiger partial charge on any atom is -0.399 e. The van der Waals surface area contributed by atoms with E-state index in [4.69, 9.17) is 11.5 Å². The summed E-state index contributed by atoms with van der Waals surface area (Å²) in [5, 5.41) is 0. The molecule has 1 aromatic rings. The van der Waals surface area contributed by atoms with Gasteiger partial charge in [0.05, 0.1) is 0 Å². The van der Waals surface area contributed by atoms with Crippen LogP contribution in [-0.4, -0.2) is 23.4 Å². The van der Waals surface area contributed by atoms with E-state index in [-0.39, 0.29) is 11.9 Å². The molecular weight excluding hydrogens is 238 g/mol. The predicted octanol–water partition coefficient (Wildman–Crippen LogP) is 2.89. The summed E-state index contributed by atoms with van der Waals surface area (Å²) in [6.45, 7) is 6.98. The van der Waals surface area contributed by atoms with Crippen LogP contribution in [0.15, 0.2) is 18.2 Å². The Labute approximate surface area is 115 Å². The molecule has 19 heavy (non-hydrogen) atoms. The number of anilines is 2. The number of unbranched alkanes of at least 4 members (excludes halogenated alkanes) is 2. The summed E-state index contributed by atoms with van der Waals surface area (Å²) in [4.78, 5) is 14.4. The van der Waals surface area contributed by atoms with Gasteiger partial charge in [-0.05, 0) is 38.5 Å². The number of carbonyl (C=O) groups is 1. The normalized spacial score (nSPS) is 10.7. The Morgan fingerprint density at radius 1 is 1.16 bits per heavy atom. The fourth-order valence-corrected chi connectivity index (χ4v) is 2.09. The van der Waals surface area contributed by atoms with Crippen molar-refractivity contribution in [1.29, 1.82) is 0 Å². The van der Waals surface area contributed by atoms with E-state index in [1.54, 1.807) is 18.2 Å². The van der Waals surface area contributed by atoms with Gasteiger partial charge in [-0.2, -0.15) is 0 Å². The van der Waals surface area contributed by atoms with E-state index in [1.807, 2.05) is 18.7 Å². The van der Waals surface area contributed by atoms with Gasteiger partial charge in [-0.25, -0.2) is 0 Å². The molecule has 0 spiro atoms. The maximum atomic E-state index is 12.5. The summed E-state index contributed by atoms with van der Waals surface area (Å²) in [6, 6.07) is 5.21. The molecule has 0 unspecified atom stereocenters. The van der Waals surface area contributed by atoms with Crippen LogP contribution >= 0.6 is 0 Å². The lowest BCUT2D eigenvalue weighted by molar-refractivity contribution is 0.0702. The Hall–Kier alpha value is -1.71. The summed E-state index contributed by atoms with van der Waals surface area (Å²) in [5.41, 5.74) is 13.1. The maximum absolute atomic E-state index is 12.5. The van der Waals surface area contributed by atoms with Gasteiger partial charge in [-0.3, -0.25) is 4.79 Å². The molecule has 4 nitrogen and oxygen atoms in total. The Kier molecular flexibility index (Phi) is 5.67. The van der Waals surface area contributed by atoms with Crippen LogP contribution in [0.25, 0.3) is 0 Å². The van der Waals surface area contributed by atoms with E-state index in [0.29, 0.717) is 16.9 Å². The average Bonchev–Trinajstić information content (AvgIpc) is 2.32. The Morgan fingerprint density at radius 3 is 2.21 bits per heavy atom. The molecule has 0 aliphatic carbocycles. The molecule has 1 rings (SSSR count). The van der Waals surface area contributed by atoms with Crippen LogP contribution in [0.4, 0.5) is 11.4 Å². The molecule has 0 fully saturated rings. The molecule has 0 bridgehead atoms. The third-order valence-corrected chi connectivity index (χ3v) is 3.11. The van der Waals surface area contributed by atoms with Gasteiger partial charge in [-0.15, -0.1) is 0 Å². The van der Waals surface area contributed by atoms with Crippen molar-refractivity contribution in [1.82, 2.24) is 4.90 Å².